The Kier molecular flexibility index (Phi) is 3.04. The van der Waals surface area contributed by atoms with Crippen molar-refractivity contribution < 1.29 is 9.21 Å². The minimum Gasteiger partial charge on any atom is -0.467 e. The molecule has 1 N–H and O–H groups in total. The summed E-state index contributed by atoms with van der Waals surface area (Å²) in [6.45, 7) is 0.319. The molecule has 0 saturated carbocycles. The number of fused-ring (bicyclic) bond motifs is 1. The van der Waals surface area contributed by atoms with Gasteiger partial charge >= 0.3 is 0 Å². The average molecular weight is 321 g/mol. The smallest absolute Gasteiger partial charge is 0.273 e. The lowest BCUT2D eigenvalue weighted by molar-refractivity contribution is 0.0942. The van der Waals surface area contributed by atoms with E-state index in [1.807, 2.05) is 0 Å². The Labute approximate surface area is 116 Å². The van der Waals surface area contributed by atoms with Crippen LogP contribution in [0, 0.1) is 0 Å². The van der Waals surface area contributed by atoms with Gasteiger partial charge in [-0.3, -0.25) is 4.79 Å². The van der Waals surface area contributed by atoms with Crippen molar-refractivity contribution in [2.24, 2.45) is 0 Å². The fourth-order valence-corrected chi connectivity index (χ4v) is 2.21. The van der Waals surface area contributed by atoms with Crippen LogP contribution in [0.5, 0.6) is 0 Å². The second-order valence-corrected chi connectivity index (χ2v) is 4.61. The molecule has 0 spiro atoms. The Morgan fingerprint density at radius 1 is 1.47 bits per heavy atom. The van der Waals surface area contributed by atoms with Crippen molar-refractivity contribution in [1.29, 1.82) is 0 Å². The maximum atomic E-state index is 12.0. The van der Waals surface area contributed by atoms with E-state index >= 15 is 0 Å². The third-order valence-corrected chi connectivity index (χ3v) is 3.29. The van der Waals surface area contributed by atoms with Gasteiger partial charge in [0, 0.05) is 12.4 Å². The van der Waals surface area contributed by atoms with E-state index in [1.54, 1.807) is 41.4 Å². The van der Waals surface area contributed by atoms with Crippen molar-refractivity contribution in [2.45, 2.75) is 6.54 Å². The molecule has 0 saturated heterocycles. The highest BCUT2D eigenvalue weighted by Gasteiger charge is 2.18. The van der Waals surface area contributed by atoms with Crippen LogP contribution >= 0.6 is 15.9 Å². The Hall–Kier alpha value is -2.15. The molecular weight excluding hydrogens is 312 g/mol. The van der Waals surface area contributed by atoms with Crippen molar-refractivity contribution in [3.05, 3.63) is 52.8 Å². The number of carbonyl (C=O) groups excluding carboxylic acids is 1. The van der Waals surface area contributed by atoms with Gasteiger partial charge in [0.2, 0.25) is 0 Å². The molecule has 96 valence electrons. The fraction of sp³-hybridized carbons (Fsp3) is 0.0833. The lowest BCUT2D eigenvalue weighted by Gasteiger charge is -2.00. The number of aromatic nitrogens is 3. The molecule has 0 bridgehead atoms. The van der Waals surface area contributed by atoms with Crippen LogP contribution < -0.4 is 5.32 Å². The zero-order chi connectivity index (χ0) is 13.2. The Morgan fingerprint density at radius 2 is 2.37 bits per heavy atom. The van der Waals surface area contributed by atoms with Gasteiger partial charge in [-0.15, -0.1) is 0 Å². The van der Waals surface area contributed by atoms with Crippen LogP contribution in [0.15, 0.2) is 45.7 Å². The zero-order valence-corrected chi connectivity index (χ0v) is 11.3. The molecule has 0 fully saturated rings. The first-order valence-electron chi connectivity index (χ1n) is 5.55. The monoisotopic (exact) mass is 320 g/mol. The normalized spacial score (nSPS) is 10.8. The average Bonchev–Trinajstić information content (AvgIpc) is 3.05. The fourth-order valence-electron chi connectivity index (χ4n) is 1.67. The van der Waals surface area contributed by atoms with E-state index in [-0.39, 0.29) is 5.91 Å². The first kappa shape index (κ1) is 11.9. The van der Waals surface area contributed by atoms with Crippen molar-refractivity contribution >= 4 is 27.5 Å². The summed E-state index contributed by atoms with van der Waals surface area (Å²) in [7, 11) is 0. The molecule has 0 radical (unpaired) electrons. The van der Waals surface area contributed by atoms with Crippen LogP contribution in [-0.2, 0) is 6.54 Å². The number of rotatable bonds is 3. The standard InChI is InChI=1S/C12H9BrN4O2/c13-9-10(16-17-5-2-4-14-11(9)17)12(18)15-7-8-3-1-6-19-8/h1-6H,7H2,(H,15,18). The zero-order valence-electron chi connectivity index (χ0n) is 9.71. The molecule has 0 atom stereocenters. The van der Waals surface area contributed by atoms with Crippen LogP contribution in [0.25, 0.3) is 5.65 Å². The minimum absolute atomic E-state index is 0.284. The van der Waals surface area contributed by atoms with Crippen LogP contribution in [0.3, 0.4) is 0 Å². The van der Waals surface area contributed by atoms with E-state index in [1.165, 1.54) is 0 Å². The second-order valence-electron chi connectivity index (χ2n) is 3.81. The third-order valence-electron chi connectivity index (χ3n) is 2.56. The van der Waals surface area contributed by atoms with Gasteiger partial charge in [0.25, 0.3) is 5.91 Å². The van der Waals surface area contributed by atoms with Crippen LogP contribution in [0.2, 0.25) is 0 Å². The molecule has 6 nitrogen and oxygen atoms in total. The predicted molar refractivity (Wildman–Crippen MR) is 70.6 cm³/mol. The molecule has 3 aromatic rings. The molecule has 7 heteroatoms. The summed E-state index contributed by atoms with van der Waals surface area (Å²) in [5.41, 5.74) is 0.899. The number of carbonyl (C=O) groups is 1. The summed E-state index contributed by atoms with van der Waals surface area (Å²) in [4.78, 5) is 16.2. The van der Waals surface area contributed by atoms with Gasteiger partial charge in [-0.05, 0) is 34.1 Å². The second kappa shape index (κ2) is 4.85. The summed E-state index contributed by atoms with van der Waals surface area (Å²) in [6, 6.07) is 5.31. The lowest BCUT2D eigenvalue weighted by atomic mass is 10.4. The van der Waals surface area contributed by atoms with Crippen molar-refractivity contribution in [3.63, 3.8) is 0 Å². The van der Waals surface area contributed by atoms with Crippen molar-refractivity contribution in [1.82, 2.24) is 19.9 Å². The summed E-state index contributed by atoms with van der Waals surface area (Å²) in [6.07, 6.45) is 4.94. The largest absolute Gasteiger partial charge is 0.467 e. The first-order valence-corrected chi connectivity index (χ1v) is 6.34. The summed E-state index contributed by atoms with van der Waals surface area (Å²) in [5.74, 6) is 0.403. The van der Waals surface area contributed by atoms with Gasteiger partial charge in [0.15, 0.2) is 11.3 Å². The third kappa shape index (κ3) is 2.24. The Bertz CT molecular complexity index is 720. The molecule has 3 rings (SSSR count). The number of nitrogens with one attached hydrogen (secondary N) is 1. The summed E-state index contributed by atoms with van der Waals surface area (Å²) >= 11 is 3.34. The minimum atomic E-state index is -0.284. The number of hydrogen-bond acceptors (Lipinski definition) is 4. The number of hydrogen-bond donors (Lipinski definition) is 1. The molecule has 0 aliphatic carbocycles. The summed E-state index contributed by atoms with van der Waals surface area (Å²) in [5, 5.41) is 6.91. The van der Waals surface area contributed by atoms with E-state index in [4.69, 9.17) is 4.42 Å². The Morgan fingerprint density at radius 3 is 3.11 bits per heavy atom. The van der Waals surface area contributed by atoms with Crippen LogP contribution in [0.4, 0.5) is 0 Å². The maximum Gasteiger partial charge on any atom is 0.273 e. The molecule has 0 aliphatic rings. The van der Waals surface area contributed by atoms with Crippen molar-refractivity contribution in [3.8, 4) is 0 Å². The quantitative estimate of drug-likeness (QED) is 0.801. The van der Waals surface area contributed by atoms with E-state index in [0.717, 1.165) is 0 Å². The van der Waals surface area contributed by atoms with Gasteiger partial charge in [-0.1, -0.05) is 0 Å². The number of nitrogens with zero attached hydrogens (tertiary/aromatic N) is 3. The maximum absolute atomic E-state index is 12.0. The molecule has 0 unspecified atom stereocenters. The van der Waals surface area contributed by atoms with E-state index in [0.29, 0.717) is 28.1 Å². The van der Waals surface area contributed by atoms with Gasteiger partial charge in [-0.25, -0.2) is 9.50 Å². The first-order chi connectivity index (χ1) is 9.25. The molecule has 1 amide bonds. The topological polar surface area (TPSA) is 72.4 Å². The van der Waals surface area contributed by atoms with Crippen LogP contribution in [-0.4, -0.2) is 20.5 Å². The SMILES string of the molecule is O=C(NCc1ccco1)c1nn2cccnc2c1Br. The molecule has 0 aromatic carbocycles. The highest BCUT2D eigenvalue weighted by atomic mass is 79.9. The lowest BCUT2D eigenvalue weighted by Crippen LogP contribution is -2.23. The molecular formula is C12H9BrN4O2. The number of amides is 1. The van der Waals surface area contributed by atoms with Gasteiger partial charge in [0.05, 0.1) is 17.3 Å². The van der Waals surface area contributed by atoms with Gasteiger partial charge in [-0.2, -0.15) is 5.10 Å². The number of furan rings is 1. The highest BCUT2D eigenvalue weighted by Crippen LogP contribution is 2.20. The molecule has 3 heterocycles. The number of halogens is 1. The van der Waals surface area contributed by atoms with Gasteiger partial charge in [0.1, 0.15) is 5.76 Å². The summed E-state index contributed by atoms with van der Waals surface area (Å²) < 4.78 is 7.27. The van der Waals surface area contributed by atoms with Crippen molar-refractivity contribution in [2.75, 3.05) is 0 Å². The molecule has 19 heavy (non-hydrogen) atoms. The molecule has 0 aliphatic heterocycles. The predicted octanol–water partition coefficient (Wildman–Crippen LogP) is 2.01. The highest BCUT2D eigenvalue weighted by molar-refractivity contribution is 9.10. The van der Waals surface area contributed by atoms with E-state index in [9.17, 15) is 4.79 Å². The van der Waals surface area contributed by atoms with E-state index in [2.05, 4.69) is 31.3 Å². The molecule has 3 aromatic heterocycles. The van der Waals surface area contributed by atoms with Crippen LogP contribution in [0.1, 0.15) is 16.2 Å². The van der Waals surface area contributed by atoms with E-state index < -0.39 is 0 Å². The van der Waals surface area contributed by atoms with Gasteiger partial charge < -0.3 is 9.73 Å². The Balaban J connectivity index is 1.83.